The zero-order valence-electron chi connectivity index (χ0n) is 18.7. The number of carbonyl (C=O) groups excluding carboxylic acids is 4. The fourth-order valence-electron chi connectivity index (χ4n) is 2.48. The topological polar surface area (TPSA) is 116 Å². The molecule has 0 radical (unpaired) electrons. The number of carbonyl (C=O) groups is 4. The summed E-state index contributed by atoms with van der Waals surface area (Å²) in [4.78, 5) is 47.0. The van der Waals surface area contributed by atoms with Crippen LogP contribution in [0.25, 0.3) is 0 Å². The number of hydrogen-bond donors (Lipinski definition) is 4. The van der Waals surface area contributed by atoms with E-state index >= 15 is 0 Å². The lowest BCUT2D eigenvalue weighted by molar-refractivity contribution is -0.128. The van der Waals surface area contributed by atoms with Gasteiger partial charge in [0.25, 0.3) is 0 Å². The molecular weight excluding hydrogens is 372 g/mol. The van der Waals surface area contributed by atoms with Gasteiger partial charge in [0, 0.05) is 38.4 Å². The minimum Gasteiger partial charge on any atom is -0.356 e. The first-order valence-electron chi connectivity index (χ1n) is 10.7. The Balaban J connectivity index is 3.75. The van der Waals surface area contributed by atoms with Crippen LogP contribution in [0.3, 0.4) is 0 Å². The SMILES string of the molecule is CC(C)CCCNC(=O)C(C)NC(=O)CCCNC(=O)CCCNC(=O)C(C)C. The predicted molar refractivity (Wildman–Crippen MR) is 114 cm³/mol. The largest absolute Gasteiger partial charge is 0.356 e. The zero-order chi connectivity index (χ0) is 22.2. The molecule has 1 unspecified atom stereocenters. The van der Waals surface area contributed by atoms with Gasteiger partial charge in [-0.05, 0) is 38.5 Å². The molecule has 0 bridgehead atoms. The summed E-state index contributed by atoms with van der Waals surface area (Å²) in [5, 5.41) is 11.0. The van der Waals surface area contributed by atoms with Crippen LogP contribution in [0.2, 0.25) is 0 Å². The van der Waals surface area contributed by atoms with Crippen molar-refractivity contribution in [2.45, 2.75) is 79.2 Å². The van der Waals surface area contributed by atoms with Crippen molar-refractivity contribution in [2.75, 3.05) is 19.6 Å². The average molecular weight is 413 g/mol. The number of rotatable bonds is 15. The van der Waals surface area contributed by atoms with E-state index in [-0.39, 0.29) is 36.0 Å². The van der Waals surface area contributed by atoms with Crippen molar-refractivity contribution in [1.29, 1.82) is 0 Å². The molecule has 0 rings (SSSR count). The molecule has 29 heavy (non-hydrogen) atoms. The van der Waals surface area contributed by atoms with E-state index in [4.69, 9.17) is 0 Å². The Kier molecular flexibility index (Phi) is 14.6. The Hall–Kier alpha value is -2.12. The van der Waals surface area contributed by atoms with Crippen molar-refractivity contribution in [3.63, 3.8) is 0 Å². The molecular formula is C21H40N4O4. The second kappa shape index (κ2) is 15.8. The Labute approximate surface area is 175 Å². The summed E-state index contributed by atoms with van der Waals surface area (Å²) in [5.41, 5.74) is 0. The summed E-state index contributed by atoms with van der Waals surface area (Å²) in [5.74, 6) is 0.0394. The third kappa shape index (κ3) is 15.5. The summed E-state index contributed by atoms with van der Waals surface area (Å²) in [6, 6.07) is -0.572. The van der Waals surface area contributed by atoms with Crippen LogP contribution in [0.4, 0.5) is 0 Å². The second-order valence-electron chi connectivity index (χ2n) is 8.12. The average Bonchev–Trinajstić information content (AvgIpc) is 2.65. The Bertz CT molecular complexity index is 521. The van der Waals surface area contributed by atoms with Gasteiger partial charge in [0.1, 0.15) is 6.04 Å². The first kappa shape index (κ1) is 26.9. The molecule has 0 saturated carbocycles. The summed E-state index contributed by atoms with van der Waals surface area (Å²) >= 11 is 0. The Morgan fingerprint density at radius 2 is 1.17 bits per heavy atom. The van der Waals surface area contributed by atoms with Gasteiger partial charge in [-0.3, -0.25) is 19.2 Å². The van der Waals surface area contributed by atoms with Crippen LogP contribution < -0.4 is 21.3 Å². The van der Waals surface area contributed by atoms with E-state index < -0.39 is 6.04 Å². The minimum atomic E-state index is -0.572. The zero-order valence-corrected chi connectivity index (χ0v) is 18.7. The maximum absolute atomic E-state index is 11.9. The van der Waals surface area contributed by atoms with Gasteiger partial charge in [-0.15, -0.1) is 0 Å². The first-order chi connectivity index (χ1) is 13.6. The van der Waals surface area contributed by atoms with E-state index in [0.717, 1.165) is 12.8 Å². The molecule has 4 amide bonds. The van der Waals surface area contributed by atoms with Crippen molar-refractivity contribution in [3.05, 3.63) is 0 Å². The van der Waals surface area contributed by atoms with Gasteiger partial charge in [0.2, 0.25) is 23.6 Å². The van der Waals surface area contributed by atoms with Crippen LogP contribution in [0, 0.1) is 11.8 Å². The molecule has 168 valence electrons. The Morgan fingerprint density at radius 3 is 1.76 bits per heavy atom. The maximum Gasteiger partial charge on any atom is 0.242 e. The summed E-state index contributed by atoms with van der Waals surface area (Å²) in [6.45, 7) is 11.1. The van der Waals surface area contributed by atoms with Crippen molar-refractivity contribution < 1.29 is 19.2 Å². The number of amides is 4. The van der Waals surface area contributed by atoms with Gasteiger partial charge in [-0.1, -0.05) is 27.7 Å². The maximum atomic E-state index is 11.9. The fraction of sp³-hybridized carbons (Fsp3) is 0.810. The lowest BCUT2D eigenvalue weighted by Crippen LogP contribution is -2.45. The number of hydrogen-bond acceptors (Lipinski definition) is 4. The molecule has 1 atom stereocenters. The van der Waals surface area contributed by atoms with Gasteiger partial charge in [0.05, 0.1) is 0 Å². The van der Waals surface area contributed by atoms with E-state index in [0.29, 0.717) is 44.8 Å². The third-order valence-corrected chi connectivity index (χ3v) is 4.34. The highest BCUT2D eigenvalue weighted by Gasteiger charge is 2.15. The highest BCUT2D eigenvalue weighted by molar-refractivity contribution is 5.87. The molecule has 4 N–H and O–H groups in total. The first-order valence-corrected chi connectivity index (χ1v) is 10.7. The highest BCUT2D eigenvalue weighted by Crippen LogP contribution is 2.01. The monoisotopic (exact) mass is 412 g/mol. The van der Waals surface area contributed by atoms with Crippen LogP contribution in [0.5, 0.6) is 0 Å². The molecule has 0 aliphatic heterocycles. The van der Waals surface area contributed by atoms with Gasteiger partial charge in [0.15, 0.2) is 0 Å². The lowest BCUT2D eigenvalue weighted by atomic mass is 10.1. The molecule has 0 aromatic rings. The molecule has 0 heterocycles. The molecule has 8 nitrogen and oxygen atoms in total. The van der Waals surface area contributed by atoms with E-state index in [1.807, 2.05) is 13.8 Å². The van der Waals surface area contributed by atoms with Gasteiger partial charge in [-0.25, -0.2) is 0 Å². The Morgan fingerprint density at radius 1 is 0.655 bits per heavy atom. The van der Waals surface area contributed by atoms with Crippen molar-refractivity contribution in [2.24, 2.45) is 11.8 Å². The predicted octanol–water partition coefficient (Wildman–Crippen LogP) is 1.49. The number of nitrogens with one attached hydrogen (secondary N) is 4. The van der Waals surface area contributed by atoms with Crippen LogP contribution >= 0.6 is 0 Å². The van der Waals surface area contributed by atoms with Crippen molar-refractivity contribution >= 4 is 23.6 Å². The summed E-state index contributed by atoms with van der Waals surface area (Å²) in [6.07, 6.45) is 3.64. The van der Waals surface area contributed by atoms with Gasteiger partial charge < -0.3 is 21.3 Å². The molecule has 0 spiro atoms. The van der Waals surface area contributed by atoms with Crippen LogP contribution in [0.1, 0.15) is 73.1 Å². The lowest BCUT2D eigenvalue weighted by Gasteiger charge is -2.14. The van der Waals surface area contributed by atoms with Crippen molar-refractivity contribution in [1.82, 2.24) is 21.3 Å². The van der Waals surface area contributed by atoms with Crippen LogP contribution in [-0.2, 0) is 19.2 Å². The molecule has 0 fully saturated rings. The standard InChI is InChI=1S/C21H40N4O4/c1-15(2)9-6-13-24-21(29)17(5)25-19(27)11-8-12-22-18(26)10-7-14-23-20(28)16(3)4/h15-17H,6-14H2,1-5H3,(H,22,26)(H,23,28)(H,24,29)(H,25,27). The smallest absolute Gasteiger partial charge is 0.242 e. The fourth-order valence-corrected chi connectivity index (χ4v) is 2.48. The normalized spacial score (nSPS) is 11.8. The molecule has 0 aliphatic rings. The molecule has 0 aromatic heterocycles. The molecule has 0 aliphatic carbocycles. The molecule has 0 aromatic carbocycles. The van der Waals surface area contributed by atoms with Crippen molar-refractivity contribution in [3.8, 4) is 0 Å². The van der Waals surface area contributed by atoms with E-state index in [1.165, 1.54) is 0 Å². The second-order valence-corrected chi connectivity index (χ2v) is 8.12. The van der Waals surface area contributed by atoms with Crippen LogP contribution in [-0.4, -0.2) is 49.3 Å². The van der Waals surface area contributed by atoms with Crippen LogP contribution in [0.15, 0.2) is 0 Å². The van der Waals surface area contributed by atoms with Gasteiger partial charge >= 0.3 is 0 Å². The van der Waals surface area contributed by atoms with E-state index in [9.17, 15) is 19.2 Å². The molecule has 8 heteroatoms. The summed E-state index contributed by atoms with van der Waals surface area (Å²) in [7, 11) is 0. The quantitative estimate of drug-likeness (QED) is 0.305. The van der Waals surface area contributed by atoms with Gasteiger partial charge in [-0.2, -0.15) is 0 Å². The molecule has 0 saturated heterocycles. The minimum absolute atomic E-state index is 0.0186. The van der Waals surface area contributed by atoms with E-state index in [2.05, 4.69) is 35.1 Å². The third-order valence-electron chi connectivity index (χ3n) is 4.34. The summed E-state index contributed by atoms with van der Waals surface area (Å²) < 4.78 is 0. The highest BCUT2D eigenvalue weighted by atomic mass is 16.2. The van der Waals surface area contributed by atoms with E-state index in [1.54, 1.807) is 6.92 Å².